The van der Waals surface area contributed by atoms with Crippen LogP contribution in [0.1, 0.15) is 5.56 Å². The SMILES string of the molecule is [C-]#[N+]c1cc(-c2nc3ccccc3n2-c2ccccc2)cc(C#N)c1-n1c2ccc(-c3ccccc3)cc2c2cc(-c3ccccc3)ccc21. The number of nitriles is 1. The van der Waals surface area contributed by atoms with Crippen LogP contribution >= 0.6 is 0 Å². The van der Waals surface area contributed by atoms with Crippen molar-refractivity contribution < 1.29 is 0 Å². The third-order valence-corrected chi connectivity index (χ3v) is 9.37. The van der Waals surface area contributed by atoms with Crippen LogP contribution in [0.15, 0.2) is 164 Å². The minimum absolute atomic E-state index is 0.379. The second-order valence-corrected chi connectivity index (χ2v) is 12.2. The van der Waals surface area contributed by atoms with Gasteiger partial charge in [0.25, 0.3) is 0 Å². The van der Waals surface area contributed by atoms with Gasteiger partial charge >= 0.3 is 0 Å². The number of rotatable bonds is 5. The van der Waals surface area contributed by atoms with Crippen LogP contribution in [-0.2, 0) is 0 Å². The van der Waals surface area contributed by atoms with Gasteiger partial charge in [-0.25, -0.2) is 9.83 Å². The molecule has 2 heterocycles. The third kappa shape index (κ3) is 4.65. The number of aromatic nitrogens is 3. The number of hydrogen-bond acceptors (Lipinski definition) is 2. The fourth-order valence-corrected chi connectivity index (χ4v) is 7.10. The lowest BCUT2D eigenvalue weighted by molar-refractivity contribution is 1.10. The first-order valence-electron chi connectivity index (χ1n) is 16.4. The van der Waals surface area contributed by atoms with Gasteiger partial charge in [0.05, 0.1) is 46.0 Å². The van der Waals surface area contributed by atoms with Gasteiger partial charge in [-0.3, -0.25) is 4.57 Å². The van der Waals surface area contributed by atoms with Crippen molar-refractivity contribution in [2.45, 2.75) is 0 Å². The van der Waals surface area contributed by atoms with Gasteiger partial charge in [-0.05, 0) is 82.9 Å². The first kappa shape index (κ1) is 29.0. The maximum atomic E-state index is 10.8. The molecule has 232 valence electrons. The molecule has 0 aliphatic rings. The molecule has 0 atom stereocenters. The average Bonchev–Trinajstić information content (AvgIpc) is 3.74. The van der Waals surface area contributed by atoms with Gasteiger partial charge in [-0.2, -0.15) is 5.26 Å². The standard InChI is InChI=1S/C45H27N5/c1-47-40-28-34(45-48-39-19-11-12-20-43(39)49(45)36-17-9-4-10-18-36)25-35(29-46)44(40)50-41-23-21-32(30-13-5-2-6-14-30)26-37(41)38-27-33(22-24-42(38)50)31-15-7-3-8-16-31/h2-28H. The van der Waals surface area contributed by atoms with Gasteiger partial charge in [-0.15, -0.1) is 0 Å². The van der Waals surface area contributed by atoms with Crippen LogP contribution in [0.5, 0.6) is 0 Å². The van der Waals surface area contributed by atoms with Crippen molar-refractivity contribution >= 4 is 38.5 Å². The molecule has 7 aromatic carbocycles. The van der Waals surface area contributed by atoms with Crippen LogP contribution in [0.4, 0.5) is 5.69 Å². The van der Waals surface area contributed by atoms with E-state index >= 15 is 0 Å². The first-order chi connectivity index (χ1) is 24.7. The highest BCUT2D eigenvalue weighted by Crippen LogP contribution is 2.42. The molecule has 0 spiro atoms. The highest BCUT2D eigenvalue weighted by molar-refractivity contribution is 6.12. The van der Waals surface area contributed by atoms with Gasteiger partial charge < -0.3 is 4.57 Å². The molecule has 5 nitrogen and oxygen atoms in total. The Hall–Kier alpha value is -7.21. The van der Waals surface area contributed by atoms with E-state index in [1.54, 1.807) is 0 Å². The van der Waals surface area contributed by atoms with E-state index in [0.29, 0.717) is 28.3 Å². The lowest BCUT2D eigenvalue weighted by Gasteiger charge is -2.15. The molecule has 0 unspecified atom stereocenters. The van der Waals surface area contributed by atoms with Crippen molar-refractivity contribution in [2.75, 3.05) is 0 Å². The number of hydrogen-bond donors (Lipinski definition) is 0. The van der Waals surface area contributed by atoms with Gasteiger partial charge in [0.2, 0.25) is 5.69 Å². The maximum Gasteiger partial charge on any atom is 0.212 e. The summed E-state index contributed by atoms with van der Waals surface area (Å²) in [6, 6.07) is 57.8. The molecule has 50 heavy (non-hydrogen) atoms. The van der Waals surface area contributed by atoms with Crippen LogP contribution in [0, 0.1) is 17.9 Å². The molecule has 0 saturated heterocycles. The van der Waals surface area contributed by atoms with Crippen LogP contribution in [-0.4, -0.2) is 14.1 Å². The zero-order valence-corrected chi connectivity index (χ0v) is 26.8. The lowest BCUT2D eigenvalue weighted by Crippen LogP contribution is -2.01. The fourth-order valence-electron chi connectivity index (χ4n) is 7.10. The number of fused-ring (bicyclic) bond motifs is 4. The van der Waals surface area contributed by atoms with E-state index in [1.165, 1.54) is 0 Å². The minimum atomic E-state index is 0.379. The van der Waals surface area contributed by atoms with Gasteiger partial charge in [0, 0.05) is 22.0 Å². The Morgan fingerprint density at radius 3 is 1.66 bits per heavy atom. The lowest BCUT2D eigenvalue weighted by atomic mass is 10.0. The van der Waals surface area contributed by atoms with Gasteiger partial charge in [0.1, 0.15) is 5.82 Å². The normalized spacial score (nSPS) is 11.2. The van der Waals surface area contributed by atoms with E-state index < -0.39 is 0 Å². The van der Waals surface area contributed by atoms with Crippen LogP contribution < -0.4 is 0 Å². The molecule has 2 aromatic heterocycles. The van der Waals surface area contributed by atoms with E-state index in [4.69, 9.17) is 11.6 Å². The number of imidazole rings is 1. The monoisotopic (exact) mass is 637 g/mol. The minimum Gasteiger partial charge on any atom is -0.318 e. The molecule has 9 aromatic rings. The molecule has 0 fully saturated rings. The maximum absolute atomic E-state index is 10.8. The van der Waals surface area contributed by atoms with Gasteiger partial charge in [-0.1, -0.05) is 103 Å². The van der Waals surface area contributed by atoms with Gasteiger partial charge in [0.15, 0.2) is 0 Å². The van der Waals surface area contributed by atoms with Crippen molar-refractivity contribution in [3.05, 3.63) is 181 Å². The second-order valence-electron chi connectivity index (χ2n) is 12.2. The van der Waals surface area contributed by atoms with E-state index in [2.05, 4.69) is 80.7 Å². The molecule has 0 bridgehead atoms. The largest absolute Gasteiger partial charge is 0.318 e. The average molecular weight is 638 g/mol. The van der Waals surface area contributed by atoms with E-state index in [1.807, 2.05) is 103 Å². The number of para-hydroxylation sites is 3. The van der Waals surface area contributed by atoms with Crippen molar-refractivity contribution in [3.63, 3.8) is 0 Å². The quantitative estimate of drug-likeness (QED) is 0.176. The summed E-state index contributed by atoms with van der Waals surface area (Å²) in [7, 11) is 0. The summed E-state index contributed by atoms with van der Waals surface area (Å²) in [6.45, 7) is 8.43. The Kier molecular flexibility index (Phi) is 6.83. The molecule has 0 radical (unpaired) electrons. The number of nitrogens with zero attached hydrogens (tertiary/aromatic N) is 5. The molecular weight excluding hydrogens is 611 g/mol. The van der Waals surface area contributed by atoms with Crippen LogP contribution in [0.25, 0.3) is 82.7 Å². The molecule has 0 aliphatic carbocycles. The summed E-state index contributed by atoms with van der Waals surface area (Å²) in [4.78, 5) is 9.09. The summed E-state index contributed by atoms with van der Waals surface area (Å²) in [5, 5.41) is 12.9. The Bertz CT molecular complexity index is 2680. The molecule has 0 saturated carbocycles. The number of benzene rings is 7. The summed E-state index contributed by atoms with van der Waals surface area (Å²) < 4.78 is 4.18. The summed E-state index contributed by atoms with van der Waals surface area (Å²) in [6.07, 6.45) is 0. The molecule has 0 amide bonds. The fraction of sp³-hybridized carbons (Fsp3) is 0. The highest BCUT2D eigenvalue weighted by Gasteiger charge is 2.23. The smallest absolute Gasteiger partial charge is 0.212 e. The van der Waals surface area contributed by atoms with Crippen molar-refractivity contribution in [3.8, 4) is 51.1 Å². The Labute approximate surface area is 289 Å². The highest BCUT2D eigenvalue weighted by atomic mass is 15.1. The third-order valence-electron chi connectivity index (χ3n) is 9.37. The topological polar surface area (TPSA) is 50.9 Å². The molecule has 0 N–H and O–H groups in total. The summed E-state index contributed by atoms with van der Waals surface area (Å²) in [5.74, 6) is 0.674. The molecule has 0 aliphatic heterocycles. The molecule has 5 heteroatoms. The van der Waals surface area contributed by atoms with Crippen LogP contribution in [0.3, 0.4) is 0 Å². The van der Waals surface area contributed by atoms with Crippen LogP contribution in [0.2, 0.25) is 0 Å². The zero-order chi connectivity index (χ0) is 33.6. The van der Waals surface area contributed by atoms with Crippen molar-refractivity contribution in [1.82, 2.24) is 14.1 Å². The van der Waals surface area contributed by atoms with Crippen molar-refractivity contribution in [2.24, 2.45) is 0 Å². The predicted molar refractivity (Wildman–Crippen MR) is 203 cm³/mol. The van der Waals surface area contributed by atoms with E-state index in [9.17, 15) is 5.26 Å². The zero-order valence-electron chi connectivity index (χ0n) is 26.8. The van der Waals surface area contributed by atoms with E-state index in [-0.39, 0.29) is 0 Å². The van der Waals surface area contributed by atoms with E-state index in [0.717, 1.165) is 60.8 Å². The Morgan fingerprint density at radius 1 is 0.520 bits per heavy atom. The summed E-state index contributed by atoms with van der Waals surface area (Å²) in [5.41, 5.74) is 11.1. The molecule has 9 rings (SSSR count). The first-order valence-corrected chi connectivity index (χ1v) is 16.4. The Balaban J connectivity index is 1.32. The summed E-state index contributed by atoms with van der Waals surface area (Å²) >= 11 is 0. The predicted octanol–water partition coefficient (Wildman–Crippen LogP) is 11.5. The second kappa shape index (κ2) is 11.8. The molecular formula is C45H27N5. The van der Waals surface area contributed by atoms with Crippen molar-refractivity contribution in [1.29, 1.82) is 5.26 Å². The Morgan fingerprint density at radius 2 is 1.08 bits per heavy atom.